The molecule has 0 amide bonds. The van der Waals surface area contributed by atoms with Crippen LogP contribution in [0, 0.1) is 0 Å². The largest absolute Gasteiger partial charge is 0.504 e. The highest BCUT2D eigenvalue weighted by molar-refractivity contribution is 6.21. The van der Waals surface area contributed by atoms with Gasteiger partial charge in [0.2, 0.25) is 0 Å². The van der Waals surface area contributed by atoms with Crippen LogP contribution in [-0.4, -0.2) is 26.8 Å². The molecule has 2 atom stereocenters. The Hall–Kier alpha value is -1.46. The van der Waals surface area contributed by atoms with Gasteiger partial charge in [-0.05, 0) is 31.0 Å². The van der Waals surface area contributed by atoms with Crippen molar-refractivity contribution in [3.05, 3.63) is 23.8 Å². The molecule has 0 aliphatic rings. The highest BCUT2D eigenvalue weighted by Crippen LogP contribution is 2.34. The van der Waals surface area contributed by atoms with E-state index in [4.69, 9.17) is 27.5 Å². The van der Waals surface area contributed by atoms with Gasteiger partial charge in [-0.15, -0.1) is 11.6 Å². The van der Waals surface area contributed by atoms with E-state index in [1.807, 2.05) is 0 Å². The molecule has 6 heteroatoms. The van der Waals surface area contributed by atoms with E-state index >= 15 is 0 Å². The van der Waals surface area contributed by atoms with Gasteiger partial charge in [0.25, 0.3) is 0 Å². The Labute approximate surface area is 103 Å². The van der Waals surface area contributed by atoms with Crippen LogP contribution >= 0.6 is 11.6 Å². The number of carboxylic acids is 1. The summed E-state index contributed by atoms with van der Waals surface area (Å²) in [6.07, 6.45) is 0.00804. The summed E-state index contributed by atoms with van der Waals surface area (Å²) in [6.45, 7) is 1.37. The average Bonchev–Trinajstić information content (AvgIpc) is 2.21. The first-order valence-corrected chi connectivity index (χ1v) is 5.36. The summed E-state index contributed by atoms with van der Waals surface area (Å²) >= 11 is 6.02. The van der Waals surface area contributed by atoms with Gasteiger partial charge in [0.15, 0.2) is 11.5 Å². The lowest BCUT2D eigenvalue weighted by Gasteiger charge is -2.22. The van der Waals surface area contributed by atoms with Gasteiger partial charge in [-0.25, -0.2) is 0 Å². The number of rotatable bonds is 4. The van der Waals surface area contributed by atoms with Crippen LogP contribution in [-0.2, 0) is 4.79 Å². The molecule has 0 fully saturated rings. The summed E-state index contributed by atoms with van der Waals surface area (Å²) in [5, 5.41) is 26.6. The Kier molecular flexibility index (Phi) is 3.85. The molecule has 0 saturated carbocycles. The molecule has 17 heavy (non-hydrogen) atoms. The number of halogens is 1. The fourth-order valence-corrected chi connectivity index (χ4v) is 1.77. The van der Waals surface area contributed by atoms with Crippen molar-refractivity contribution >= 4 is 17.6 Å². The Morgan fingerprint density at radius 3 is 2.53 bits per heavy atom. The van der Waals surface area contributed by atoms with Gasteiger partial charge in [-0.1, -0.05) is 6.07 Å². The van der Waals surface area contributed by atoms with Crippen molar-refractivity contribution in [1.29, 1.82) is 0 Å². The number of benzene rings is 1. The molecule has 0 aromatic heterocycles. The first-order chi connectivity index (χ1) is 7.74. The quantitative estimate of drug-likeness (QED) is 0.485. The third-order valence-corrected chi connectivity index (χ3v) is 2.86. The van der Waals surface area contributed by atoms with Gasteiger partial charge < -0.3 is 21.1 Å². The summed E-state index contributed by atoms with van der Waals surface area (Å²) < 4.78 is 0. The minimum atomic E-state index is -1.44. The molecular weight excluding hydrogens is 246 g/mol. The zero-order valence-electron chi connectivity index (χ0n) is 9.22. The van der Waals surface area contributed by atoms with Crippen LogP contribution in [0.1, 0.15) is 24.3 Å². The standard InChI is InChI=1S/C11H14ClNO4/c1-11(13,10(16)17)5-7(12)6-2-3-8(14)9(15)4-6/h2-4,7,14-15H,5,13H2,1H3,(H,16,17)/t7?,11-/m0/s1. The van der Waals surface area contributed by atoms with Crippen molar-refractivity contribution in [2.45, 2.75) is 24.3 Å². The average molecular weight is 260 g/mol. The molecule has 94 valence electrons. The molecule has 0 saturated heterocycles. The van der Waals surface area contributed by atoms with E-state index in [1.165, 1.54) is 25.1 Å². The highest BCUT2D eigenvalue weighted by atomic mass is 35.5. The zero-order valence-corrected chi connectivity index (χ0v) is 9.98. The van der Waals surface area contributed by atoms with Gasteiger partial charge in [-0.2, -0.15) is 0 Å². The summed E-state index contributed by atoms with van der Waals surface area (Å²) in [5.41, 5.74) is 4.63. The smallest absolute Gasteiger partial charge is 0.323 e. The van der Waals surface area contributed by atoms with Crippen LogP contribution in [0.15, 0.2) is 18.2 Å². The van der Waals surface area contributed by atoms with Crippen LogP contribution in [0.3, 0.4) is 0 Å². The van der Waals surface area contributed by atoms with E-state index in [1.54, 1.807) is 0 Å². The molecule has 0 aliphatic carbocycles. The van der Waals surface area contributed by atoms with Gasteiger partial charge in [0.05, 0.1) is 5.38 Å². The number of hydrogen-bond acceptors (Lipinski definition) is 4. The molecule has 0 radical (unpaired) electrons. The summed E-state index contributed by atoms with van der Waals surface area (Å²) in [4.78, 5) is 10.8. The lowest BCUT2D eigenvalue weighted by Crippen LogP contribution is -2.45. The molecule has 5 N–H and O–H groups in total. The lowest BCUT2D eigenvalue weighted by atomic mass is 9.94. The molecule has 1 rings (SSSR count). The second-order valence-corrected chi connectivity index (χ2v) is 4.67. The number of carbonyl (C=O) groups is 1. The molecule has 0 bridgehead atoms. The topological polar surface area (TPSA) is 104 Å². The van der Waals surface area contributed by atoms with Crippen molar-refractivity contribution in [2.24, 2.45) is 5.73 Å². The number of carboxylic acid groups (broad SMARTS) is 1. The van der Waals surface area contributed by atoms with Crippen LogP contribution in [0.25, 0.3) is 0 Å². The Bertz CT molecular complexity index is 433. The van der Waals surface area contributed by atoms with E-state index < -0.39 is 16.9 Å². The predicted molar refractivity (Wildman–Crippen MR) is 63.2 cm³/mol. The van der Waals surface area contributed by atoms with Crippen LogP contribution < -0.4 is 5.73 Å². The highest BCUT2D eigenvalue weighted by Gasteiger charge is 2.31. The first-order valence-electron chi connectivity index (χ1n) is 4.92. The van der Waals surface area contributed by atoms with Crippen molar-refractivity contribution < 1.29 is 20.1 Å². The van der Waals surface area contributed by atoms with Crippen molar-refractivity contribution in [3.8, 4) is 11.5 Å². The van der Waals surface area contributed by atoms with Crippen LogP contribution in [0.5, 0.6) is 11.5 Å². The molecule has 0 heterocycles. The maximum Gasteiger partial charge on any atom is 0.323 e. The van der Waals surface area contributed by atoms with Gasteiger partial charge >= 0.3 is 5.97 Å². The summed E-state index contributed by atoms with van der Waals surface area (Å²) in [7, 11) is 0. The third kappa shape index (κ3) is 3.25. The number of aliphatic carboxylic acids is 1. The Morgan fingerprint density at radius 1 is 1.47 bits per heavy atom. The SMILES string of the molecule is C[C@](N)(CC(Cl)c1ccc(O)c(O)c1)C(=O)O. The van der Waals surface area contributed by atoms with E-state index in [2.05, 4.69) is 0 Å². The van der Waals surface area contributed by atoms with Crippen molar-refractivity contribution in [3.63, 3.8) is 0 Å². The first kappa shape index (κ1) is 13.6. The zero-order chi connectivity index (χ0) is 13.2. The number of nitrogens with two attached hydrogens (primary N) is 1. The predicted octanol–water partition coefficient (Wildman–Crippen LogP) is 1.57. The Morgan fingerprint density at radius 2 is 2.06 bits per heavy atom. The number of aromatic hydroxyl groups is 2. The molecule has 0 spiro atoms. The third-order valence-electron chi connectivity index (χ3n) is 2.45. The van der Waals surface area contributed by atoms with Crippen LogP contribution in [0.4, 0.5) is 0 Å². The molecule has 1 aromatic rings. The lowest BCUT2D eigenvalue weighted by molar-refractivity contribution is -0.142. The van der Waals surface area contributed by atoms with E-state index in [0.717, 1.165) is 0 Å². The van der Waals surface area contributed by atoms with Crippen molar-refractivity contribution in [2.75, 3.05) is 0 Å². The number of hydrogen-bond donors (Lipinski definition) is 4. The fourth-order valence-electron chi connectivity index (χ4n) is 1.31. The second kappa shape index (κ2) is 4.81. The molecule has 5 nitrogen and oxygen atoms in total. The maximum absolute atomic E-state index is 10.8. The molecular formula is C11H14ClNO4. The second-order valence-electron chi connectivity index (χ2n) is 4.14. The molecule has 1 aromatic carbocycles. The van der Waals surface area contributed by atoms with Gasteiger partial charge in [0, 0.05) is 0 Å². The minimum Gasteiger partial charge on any atom is -0.504 e. The number of phenols is 2. The van der Waals surface area contributed by atoms with E-state index in [0.29, 0.717) is 5.56 Å². The number of phenolic OH excluding ortho intramolecular Hbond substituents is 2. The summed E-state index contributed by atoms with van der Waals surface area (Å²) in [6, 6.07) is 4.07. The molecule has 1 unspecified atom stereocenters. The Balaban J connectivity index is 2.87. The number of alkyl halides is 1. The van der Waals surface area contributed by atoms with E-state index in [-0.39, 0.29) is 17.9 Å². The van der Waals surface area contributed by atoms with Crippen molar-refractivity contribution in [1.82, 2.24) is 0 Å². The monoisotopic (exact) mass is 259 g/mol. The van der Waals surface area contributed by atoms with Crippen LogP contribution in [0.2, 0.25) is 0 Å². The fraction of sp³-hybridized carbons (Fsp3) is 0.364. The maximum atomic E-state index is 10.8. The van der Waals surface area contributed by atoms with Gasteiger partial charge in [-0.3, -0.25) is 4.79 Å². The van der Waals surface area contributed by atoms with E-state index in [9.17, 15) is 9.90 Å². The molecule has 0 aliphatic heterocycles. The minimum absolute atomic E-state index is 0.00804. The normalized spacial score (nSPS) is 16.2. The van der Waals surface area contributed by atoms with Gasteiger partial charge in [0.1, 0.15) is 5.54 Å². The summed E-state index contributed by atoms with van der Waals surface area (Å²) in [5.74, 6) is -1.71.